The smallest absolute Gasteiger partial charge is 0.346 e. The van der Waals surface area contributed by atoms with E-state index in [1.807, 2.05) is 0 Å². The first-order valence-electron chi connectivity index (χ1n) is 12.7. The predicted octanol–water partition coefficient (Wildman–Crippen LogP) is 9.97. The van der Waals surface area contributed by atoms with Crippen LogP contribution >= 0.6 is 0 Å². The minimum absolute atomic E-state index is 0.662. The Morgan fingerprint density at radius 1 is 0.373 bits per heavy atom. The van der Waals surface area contributed by atoms with E-state index in [-0.39, 0.29) is 0 Å². The van der Waals surface area contributed by atoms with Crippen LogP contribution in [0.4, 0.5) is 105 Å². The van der Waals surface area contributed by atoms with Gasteiger partial charge >= 0.3 is 81.1 Å². The predicted molar refractivity (Wildman–Crippen MR) is 121 cm³/mol. The summed E-state index contributed by atoms with van der Waals surface area (Å²) in [6.45, 7) is -3.55. The van der Waals surface area contributed by atoms with Crippen molar-refractivity contribution in [3.63, 3.8) is 0 Å². The zero-order valence-corrected chi connectivity index (χ0v) is 26.8. The van der Waals surface area contributed by atoms with Gasteiger partial charge in [0.05, 0.1) is 11.2 Å². The van der Waals surface area contributed by atoms with Gasteiger partial charge in [0.25, 0.3) is 0 Å². The fourth-order valence-electron chi connectivity index (χ4n) is 3.02. The second-order valence-electron chi connectivity index (χ2n) is 12.2. The van der Waals surface area contributed by atoms with Crippen molar-refractivity contribution < 1.29 is 123 Å². The van der Waals surface area contributed by atoms with Gasteiger partial charge in [-0.25, -0.2) is 17.6 Å². The molecule has 0 fully saturated rings. The van der Waals surface area contributed by atoms with E-state index >= 15 is 0 Å². The Kier molecular flexibility index (Phi) is 13.5. The lowest BCUT2D eigenvalue weighted by molar-refractivity contribution is -0.416. The van der Waals surface area contributed by atoms with Crippen LogP contribution in [0, 0.1) is 0 Å². The van der Waals surface area contributed by atoms with E-state index in [9.17, 15) is 105 Å². The molecule has 0 aliphatic carbocycles. The Hall–Kier alpha value is -1.62. The lowest BCUT2D eigenvalue weighted by atomic mass is 9.95. The third-order valence-corrected chi connectivity index (χ3v) is 8.32. The summed E-state index contributed by atoms with van der Waals surface area (Å²) in [4.78, 5) is 0. The average Bonchev–Trinajstić information content (AvgIpc) is 2.88. The van der Waals surface area contributed by atoms with Gasteiger partial charge in [-0.15, -0.1) is 0 Å². The highest BCUT2D eigenvalue weighted by molar-refractivity contribution is 6.53. The van der Waals surface area contributed by atoms with Crippen molar-refractivity contribution in [2.45, 2.75) is 125 Å². The standard InChI is InChI=1S/C22H24F24O4Si/c1-11(2,3)49-51(50-12(4,5)6,47-7-13(27,28)17(35,36)21(43,44)19(39,40)15(31,32)9(23)24)48-8-14(29,30)18(37,38)22(45,46)20(41,42)16(33,34)10(25)26/h9-10H,7-8H2,1-6H3. The summed E-state index contributed by atoms with van der Waals surface area (Å²) in [6, 6.07) is 0. The Morgan fingerprint density at radius 2 is 0.588 bits per heavy atom. The van der Waals surface area contributed by atoms with Gasteiger partial charge in [-0.1, -0.05) is 0 Å². The summed E-state index contributed by atoms with van der Waals surface area (Å²) in [5.74, 6) is -77.5. The minimum Gasteiger partial charge on any atom is -0.346 e. The normalized spacial score (nSPS) is 16.5. The summed E-state index contributed by atoms with van der Waals surface area (Å²) in [6.07, 6.45) is -11.8. The molecule has 0 rings (SSSR count). The fraction of sp³-hybridized carbons (Fsp3) is 1.00. The molecule has 0 bridgehead atoms. The van der Waals surface area contributed by atoms with E-state index in [2.05, 4.69) is 8.85 Å². The molecular weight excluding hydrogens is 812 g/mol. The van der Waals surface area contributed by atoms with Crippen LogP contribution < -0.4 is 0 Å². The molecule has 4 nitrogen and oxygen atoms in total. The largest absolute Gasteiger partial charge is 0.680 e. The Labute approximate surface area is 271 Å². The van der Waals surface area contributed by atoms with E-state index in [0.717, 1.165) is 0 Å². The molecule has 0 saturated carbocycles. The first-order chi connectivity index (χ1) is 21.7. The van der Waals surface area contributed by atoms with Crippen molar-refractivity contribution in [3.05, 3.63) is 0 Å². The number of alkyl halides is 24. The molecule has 0 aliphatic heterocycles. The highest BCUT2D eigenvalue weighted by Crippen LogP contribution is 2.60. The van der Waals surface area contributed by atoms with E-state index in [0.29, 0.717) is 41.5 Å². The van der Waals surface area contributed by atoms with Crippen molar-refractivity contribution >= 4 is 9.05 Å². The zero-order valence-electron chi connectivity index (χ0n) is 25.8. The maximum Gasteiger partial charge on any atom is 0.680 e. The highest BCUT2D eigenvalue weighted by Gasteiger charge is 2.89. The maximum atomic E-state index is 14.5. The number of halogens is 24. The van der Waals surface area contributed by atoms with Gasteiger partial charge < -0.3 is 17.7 Å². The van der Waals surface area contributed by atoms with Crippen LogP contribution in [-0.2, 0) is 17.7 Å². The maximum absolute atomic E-state index is 14.5. The van der Waals surface area contributed by atoms with Crippen LogP contribution in [-0.4, -0.2) is 106 Å². The van der Waals surface area contributed by atoms with Crippen LogP contribution in [0.2, 0.25) is 0 Å². The molecule has 0 amide bonds. The summed E-state index contributed by atoms with van der Waals surface area (Å²) in [5.41, 5.74) is -4.61. The molecule has 0 heterocycles. The molecule has 29 heteroatoms. The zero-order chi connectivity index (χ0) is 41.9. The van der Waals surface area contributed by atoms with Crippen molar-refractivity contribution in [1.29, 1.82) is 0 Å². The van der Waals surface area contributed by atoms with Gasteiger partial charge in [0.1, 0.15) is 13.2 Å². The molecule has 0 aromatic heterocycles. The summed E-state index contributed by atoms with van der Waals surface area (Å²) >= 11 is 0. The third kappa shape index (κ3) is 8.86. The molecule has 0 unspecified atom stereocenters. The van der Waals surface area contributed by atoms with Crippen LogP contribution in [0.25, 0.3) is 0 Å². The molecule has 308 valence electrons. The molecule has 0 spiro atoms. The first-order valence-corrected chi connectivity index (χ1v) is 14.4. The number of hydrogen-bond acceptors (Lipinski definition) is 4. The molecule has 0 aliphatic rings. The summed E-state index contributed by atoms with van der Waals surface area (Å²) < 4.78 is 344. The Bertz CT molecular complexity index is 1090. The van der Waals surface area contributed by atoms with Crippen LogP contribution in [0.15, 0.2) is 0 Å². The van der Waals surface area contributed by atoms with E-state index in [1.165, 1.54) is 0 Å². The Balaban J connectivity index is 7.21. The van der Waals surface area contributed by atoms with Crippen molar-refractivity contribution in [1.82, 2.24) is 0 Å². The first kappa shape index (κ1) is 49.4. The molecule has 0 aromatic rings. The van der Waals surface area contributed by atoms with Gasteiger partial charge in [0.2, 0.25) is 0 Å². The number of rotatable bonds is 18. The van der Waals surface area contributed by atoms with Gasteiger partial charge in [0.15, 0.2) is 0 Å². The summed E-state index contributed by atoms with van der Waals surface area (Å²) in [7, 11) is -6.79. The van der Waals surface area contributed by atoms with E-state index in [1.54, 1.807) is 0 Å². The molecule has 0 atom stereocenters. The van der Waals surface area contributed by atoms with Crippen LogP contribution in [0.1, 0.15) is 41.5 Å². The molecular formula is C22H24F24O4Si. The highest BCUT2D eigenvalue weighted by atomic mass is 28.4. The molecule has 0 saturated heterocycles. The third-order valence-electron chi connectivity index (χ3n) is 5.60. The lowest BCUT2D eigenvalue weighted by Gasteiger charge is -2.42. The lowest BCUT2D eigenvalue weighted by Crippen LogP contribution is -2.70. The summed E-state index contributed by atoms with van der Waals surface area (Å²) in [5, 5.41) is 0. The van der Waals surface area contributed by atoms with Crippen LogP contribution in [0.3, 0.4) is 0 Å². The minimum atomic E-state index is -8.19. The van der Waals surface area contributed by atoms with E-state index in [4.69, 9.17) is 8.85 Å². The molecule has 0 aromatic carbocycles. The van der Waals surface area contributed by atoms with Gasteiger partial charge in [-0.3, -0.25) is 0 Å². The van der Waals surface area contributed by atoms with Gasteiger partial charge in [-0.05, 0) is 41.5 Å². The molecule has 0 N–H and O–H groups in total. The second-order valence-corrected chi connectivity index (χ2v) is 14.2. The van der Waals surface area contributed by atoms with Crippen molar-refractivity contribution in [2.24, 2.45) is 0 Å². The number of hydrogen-bond donors (Lipinski definition) is 0. The monoisotopic (exact) mass is 836 g/mol. The quantitative estimate of drug-likeness (QED) is 0.102. The fourth-order valence-corrected chi connectivity index (χ4v) is 5.59. The van der Waals surface area contributed by atoms with Crippen molar-refractivity contribution in [2.75, 3.05) is 13.2 Å². The Morgan fingerprint density at radius 3 is 0.765 bits per heavy atom. The van der Waals surface area contributed by atoms with Gasteiger partial charge in [-0.2, -0.15) is 87.8 Å². The van der Waals surface area contributed by atoms with Crippen LogP contribution in [0.5, 0.6) is 0 Å². The van der Waals surface area contributed by atoms with E-state index < -0.39 is 106 Å². The topological polar surface area (TPSA) is 36.9 Å². The molecule has 51 heavy (non-hydrogen) atoms. The SMILES string of the molecule is CC(C)(C)O[Si](OCC(F)(F)C(F)(F)C(F)(F)C(F)(F)C(F)(F)C(F)F)(OCC(F)(F)C(F)(F)C(F)(F)C(F)(F)C(F)(F)C(F)F)OC(C)(C)C. The average molecular weight is 836 g/mol. The molecule has 0 radical (unpaired) electrons. The van der Waals surface area contributed by atoms with Gasteiger partial charge in [0, 0.05) is 0 Å². The second kappa shape index (κ2) is 13.9. The van der Waals surface area contributed by atoms with Crippen molar-refractivity contribution in [3.8, 4) is 0 Å².